The lowest BCUT2D eigenvalue weighted by atomic mass is 10.0. The largest absolute Gasteiger partial charge is 0.349 e. The summed E-state index contributed by atoms with van der Waals surface area (Å²) in [4.78, 5) is 32.9. The number of benzene rings is 1. The fourth-order valence-electron chi connectivity index (χ4n) is 3.22. The van der Waals surface area contributed by atoms with Crippen LogP contribution in [-0.2, 0) is 11.2 Å². The van der Waals surface area contributed by atoms with E-state index in [-0.39, 0.29) is 17.3 Å². The number of amides is 1. The van der Waals surface area contributed by atoms with Crippen molar-refractivity contribution in [3.05, 3.63) is 88.4 Å². The van der Waals surface area contributed by atoms with Crippen molar-refractivity contribution in [3.63, 3.8) is 0 Å². The van der Waals surface area contributed by atoms with Crippen molar-refractivity contribution in [2.24, 2.45) is 0 Å². The van der Waals surface area contributed by atoms with Crippen molar-refractivity contribution in [1.29, 1.82) is 0 Å². The van der Waals surface area contributed by atoms with Crippen LogP contribution < -0.4 is 10.9 Å². The summed E-state index contributed by atoms with van der Waals surface area (Å²) in [6.45, 7) is 1.41. The second-order valence-electron chi connectivity index (χ2n) is 6.70. The molecule has 7 nitrogen and oxygen atoms in total. The first kappa shape index (κ1) is 18.5. The van der Waals surface area contributed by atoms with Gasteiger partial charge in [0.2, 0.25) is 5.91 Å². The van der Waals surface area contributed by atoms with Crippen molar-refractivity contribution in [3.8, 4) is 11.3 Å². The number of aromatic amines is 1. The van der Waals surface area contributed by atoms with Crippen molar-refractivity contribution in [2.45, 2.75) is 19.4 Å². The molecule has 1 aromatic carbocycles. The summed E-state index contributed by atoms with van der Waals surface area (Å²) in [6.07, 6.45) is 3.66. The fraction of sp³-hybridized carbons (Fsp3) is 0.143. The molecule has 0 aliphatic carbocycles. The maximum atomic E-state index is 13.3. The second-order valence-corrected chi connectivity index (χ2v) is 6.70. The number of rotatable bonds is 5. The third-order valence-electron chi connectivity index (χ3n) is 4.54. The first-order valence-corrected chi connectivity index (χ1v) is 9.04. The molecule has 0 fully saturated rings. The van der Waals surface area contributed by atoms with Crippen LogP contribution in [-0.4, -0.2) is 25.5 Å². The van der Waals surface area contributed by atoms with Crippen molar-refractivity contribution < 1.29 is 9.18 Å². The number of fused-ring (bicyclic) bond motifs is 1. The number of hydrogen-bond donors (Lipinski definition) is 2. The van der Waals surface area contributed by atoms with Crippen LogP contribution in [0.2, 0.25) is 0 Å². The van der Waals surface area contributed by atoms with Crippen LogP contribution in [0.3, 0.4) is 0 Å². The van der Waals surface area contributed by atoms with Crippen LogP contribution in [0, 0.1) is 5.82 Å². The Morgan fingerprint density at radius 2 is 2.03 bits per heavy atom. The van der Waals surface area contributed by atoms with Crippen LogP contribution in [0.15, 0.2) is 65.7 Å². The van der Waals surface area contributed by atoms with E-state index in [4.69, 9.17) is 0 Å². The summed E-state index contributed by atoms with van der Waals surface area (Å²) >= 11 is 0. The lowest BCUT2D eigenvalue weighted by molar-refractivity contribution is -0.119. The Hall–Kier alpha value is -3.81. The van der Waals surface area contributed by atoms with Crippen LogP contribution in [0.1, 0.15) is 24.2 Å². The van der Waals surface area contributed by atoms with Crippen molar-refractivity contribution in [2.75, 3.05) is 0 Å². The lowest BCUT2D eigenvalue weighted by Gasteiger charge is -2.18. The second kappa shape index (κ2) is 7.67. The molecule has 3 heterocycles. The summed E-state index contributed by atoms with van der Waals surface area (Å²) < 4.78 is 14.6. The predicted octanol–water partition coefficient (Wildman–Crippen LogP) is 2.64. The van der Waals surface area contributed by atoms with Crippen LogP contribution in [0.4, 0.5) is 4.39 Å². The molecule has 0 radical (unpaired) electrons. The fourth-order valence-corrected chi connectivity index (χ4v) is 3.22. The number of halogens is 1. The average molecular weight is 391 g/mol. The third kappa shape index (κ3) is 4.06. The molecule has 8 heteroatoms. The smallest absolute Gasteiger partial charge is 0.272 e. The van der Waals surface area contributed by atoms with Gasteiger partial charge in [0, 0.05) is 43.4 Å². The molecule has 3 aromatic heterocycles. The van der Waals surface area contributed by atoms with E-state index in [1.807, 2.05) is 12.1 Å². The minimum absolute atomic E-state index is 0.224. The van der Waals surface area contributed by atoms with Gasteiger partial charge in [0.15, 0.2) is 5.65 Å². The summed E-state index contributed by atoms with van der Waals surface area (Å²) in [5.41, 5.74) is 3.01. The highest BCUT2D eigenvalue weighted by Crippen LogP contribution is 2.20. The molecule has 0 saturated carbocycles. The highest BCUT2D eigenvalue weighted by Gasteiger charge is 2.16. The lowest BCUT2D eigenvalue weighted by Crippen LogP contribution is -2.28. The number of nitrogens with one attached hydrogen (secondary N) is 2. The highest BCUT2D eigenvalue weighted by atomic mass is 19.1. The van der Waals surface area contributed by atoms with Gasteiger partial charge in [-0.3, -0.25) is 19.7 Å². The number of carbonyl (C=O) groups is 1. The Labute approximate surface area is 165 Å². The van der Waals surface area contributed by atoms with Gasteiger partial charge in [-0.25, -0.2) is 13.9 Å². The molecule has 1 amide bonds. The third-order valence-corrected chi connectivity index (χ3v) is 4.54. The van der Waals surface area contributed by atoms with Gasteiger partial charge in [-0.1, -0.05) is 12.1 Å². The van der Waals surface area contributed by atoms with E-state index in [9.17, 15) is 14.0 Å². The average Bonchev–Trinajstić information content (AvgIpc) is 3.13. The monoisotopic (exact) mass is 391 g/mol. The number of hydrogen-bond acceptors (Lipinski definition) is 4. The van der Waals surface area contributed by atoms with Gasteiger partial charge >= 0.3 is 0 Å². The first-order chi connectivity index (χ1) is 14.0. The number of H-pyrrole nitrogens is 1. The van der Waals surface area contributed by atoms with Gasteiger partial charge in [0.05, 0.1) is 17.4 Å². The molecule has 2 N–H and O–H groups in total. The topological polar surface area (TPSA) is 92.2 Å². The van der Waals surface area contributed by atoms with Crippen LogP contribution >= 0.6 is 0 Å². The minimum atomic E-state index is -0.431. The van der Waals surface area contributed by atoms with E-state index in [0.29, 0.717) is 17.8 Å². The Morgan fingerprint density at radius 1 is 1.24 bits per heavy atom. The number of pyridine rings is 1. The quantitative estimate of drug-likeness (QED) is 0.547. The van der Waals surface area contributed by atoms with E-state index in [1.165, 1.54) is 29.6 Å². The number of nitrogens with zero attached hydrogens (tertiary/aromatic N) is 3. The normalized spacial score (nSPS) is 12.1. The molecule has 1 atom stereocenters. The zero-order chi connectivity index (χ0) is 20.4. The summed E-state index contributed by atoms with van der Waals surface area (Å²) in [5, 5.41) is 5.86. The zero-order valence-electron chi connectivity index (χ0n) is 15.6. The molecular weight excluding hydrogens is 373 g/mol. The van der Waals surface area contributed by atoms with E-state index in [2.05, 4.69) is 20.4 Å². The van der Waals surface area contributed by atoms with E-state index in [1.54, 1.807) is 30.6 Å². The molecule has 146 valence electrons. The standard InChI is InChI=1S/C21H18FN5O2/c1-13(28)24-18(14-4-6-16(22)7-5-14)9-17-10-21(29)27-20(25-17)11-19(26-27)15-3-2-8-23-12-15/h2-8,10-12,18,26H,9H2,1H3,(H,24,28)/t18-/m0/s1. The Balaban J connectivity index is 1.69. The number of carbonyl (C=O) groups excluding carboxylic acids is 1. The Kier molecular flexibility index (Phi) is 4.90. The molecule has 0 unspecified atom stereocenters. The van der Waals surface area contributed by atoms with E-state index in [0.717, 1.165) is 16.8 Å². The molecule has 0 aliphatic rings. The van der Waals surface area contributed by atoms with Crippen LogP contribution in [0.25, 0.3) is 16.9 Å². The molecule has 29 heavy (non-hydrogen) atoms. The molecule has 0 aliphatic heterocycles. The highest BCUT2D eigenvalue weighted by molar-refractivity contribution is 5.73. The molecule has 4 rings (SSSR count). The molecular formula is C21H18FN5O2. The Morgan fingerprint density at radius 3 is 2.72 bits per heavy atom. The minimum Gasteiger partial charge on any atom is -0.349 e. The van der Waals surface area contributed by atoms with Crippen LogP contribution in [0.5, 0.6) is 0 Å². The SMILES string of the molecule is CC(=O)N[C@@H](Cc1cc(=O)n2[nH]c(-c3cccnc3)cc2n1)c1ccc(F)cc1. The summed E-state index contributed by atoms with van der Waals surface area (Å²) in [6, 6.07) is 12.3. The predicted molar refractivity (Wildman–Crippen MR) is 106 cm³/mol. The molecule has 0 saturated heterocycles. The first-order valence-electron chi connectivity index (χ1n) is 9.04. The summed E-state index contributed by atoms with van der Waals surface area (Å²) in [7, 11) is 0. The van der Waals surface area contributed by atoms with E-state index >= 15 is 0 Å². The maximum Gasteiger partial charge on any atom is 0.272 e. The van der Waals surface area contributed by atoms with Gasteiger partial charge in [-0.2, -0.15) is 0 Å². The molecule has 4 aromatic rings. The van der Waals surface area contributed by atoms with E-state index < -0.39 is 6.04 Å². The van der Waals surface area contributed by atoms with Crippen molar-refractivity contribution >= 4 is 11.6 Å². The number of aromatic nitrogens is 4. The zero-order valence-corrected chi connectivity index (χ0v) is 15.6. The van der Waals surface area contributed by atoms with Gasteiger partial charge < -0.3 is 5.32 Å². The Bertz CT molecular complexity index is 1220. The van der Waals surface area contributed by atoms with Gasteiger partial charge in [-0.15, -0.1) is 0 Å². The molecule has 0 bridgehead atoms. The van der Waals surface area contributed by atoms with Gasteiger partial charge in [0.1, 0.15) is 5.82 Å². The molecule has 0 spiro atoms. The van der Waals surface area contributed by atoms with Crippen molar-refractivity contribution in [1.82, 2.24) is 24.9 Å². The summed E-state index contributed by atoms with van der Waals surface area (Å²) in [5.74, 6) is -0.582. The maximum absolute atomic E-state index is 13.3. The van der Waals surface area contributed by atoms with Gasteiger partial charge in [-0.05, 0) is 29.8 Å². The van der Waals surface area contributed by atoms with Gasteiger partial charge in [0.25, 0.3) is 5.56 Å².